The number of hydrogen-bond donors (Lipinski definition) is 3. The van der Waals surface area contributed by atoms with E-state index in [9.17, 15) is 18.0 Å². The number of amides is 2. The van der Waals surface area contributed by atoms with Gasteiger partial charge < -0.3 is 11.1 Å². The SMILES string of the molecule is CCCCS(=O)(=O)NC(=O)c1ccc(NC(C)=O)c(N)c1. The van der Waals surface area contributed by atoms with E-state index in [0.29, 0.717) is 18.5 Å². The van der Waals surface area contributed by atoms with E-state index in [2.05, 4.69) is 5.32 Å². The molecule has 0 heterocycles. The predicted octanol–water partition coefficient (Wildman–Crippen LogP) is 1.09. The molecule has 0 radical (unpaired) electrons. The fourth-order valence-electron chi connectivity index (χ4n) is 1.59. The molecule has 0 saturated heterocycles. The first-order chi connectivity index (χ1) is 9.75. The maximum absolute atomic E-state index is 11.9. The van der Waals surface area contributed by atoms with E-state index in [1.54, 1.807) is 0 Å². The van der Waals surface area contributed by atoms with Crippen LogP contribution in [-0.2, 0) is 14.8 Å². The smallest absolute Gasteiger partial charge is 0.264 e. The first-order valence-electron chi connectivity index (χ1n) is 6.47. The van der Waals surface area contributed by atoms with Crippen LogP contribution in [0.4, 0.5) is 11.4 Å². The molecule has 4 N–H and O–H groups in total. The van der Waals surface area contributed by atoms with Gasteiger partial charge in [-0.3, -0.25) is 9.59 Å². The van der Waals surface area contributed by atoms with Crippen LogP contribution >= 0.6 is 0 Å². The molecule has 21 heavy (non-hydrogen) atoms. The molecular formula is C13H19N3O4S. The molecule has 1 rings (SSSR count). The number of nitrogens with one attached hydrogen (secondary N) is 2. The second kappa shape index (κ2) is 7.07. The van der Waals surface area contributed by atoms with Gasteiger partial charge in [0.1, 0.15) is 0 Å². The lowest BCUT2D eigenvalue weighted by Crippen LogP contribution is -2.32. The van der Waals surface area contributed by atoms with Crippen LogP contribution in [0.3, 0.4) is 0 Å². The molecule has 1 aromatic carbocycles. The Bertz CT molecular complexity index is 641. The van der Waals surface area contributed by atoms with Crippen molar-refractivity contribution in [1.82, 2.24) is 4.72 Å². The van der Waals surface area contributed by atoms with Gasteiger partial charge in [-0.25, -0.2) is 13.1 Å². The summed E-state index contributed by atoms with van der Waals surface area (Å²) in [5, 5.41) is 2.50. The van der Waals surface area contributed by atoms with Gasteiger partial charge in [-0.05, 0) is 24.6 Å². The van der Waals surface area contributed by atoms with Crippen molar-refractivity contribution in [3.8, 4) is 0 Å². The van der Waals surface area contributed by atoms with Crippen molar-refractivity contribution in [2.45, 2.75) is 26.7 Å². The van der Waals surface area contributed by atoms with Crippen molar-refractivity contribution in [2.75, 3.05) is 16.8 Å². The lowest BCUT2D eigenvalue weighted by molar-refractivity contribution is -0.114. The van der Waals surface area contributed by atoms with Crippen LogP contribution < -0.4 is 15.8 Å². The molecule has 116 valence electrons. The molecule has 0 fully saturated rings. The van der Waals surface area contributed by atoms with Gasteiger partial charge in [0.2, 0.25) is 15.9 Å². The molecular weight excluding hydrogens is 294 g/mol. The molecule has 0 aliphatic rings. The van der Waals surface area contributed by atoms with Gasteiger partial charge in [0.15, 0.2) is 0 Å². The van der Waals surface area contributed by atoms with Gasteiger partial charge in [0.05, 0.1) is 17.1 Å². The number of carbonyl (C=O) groups excluding carboxylic acids is 2. The Balaban J connectivity index is 2.84. The zero-order valence-corrected chi connectivity index (χ0v) is 12.8. The van der Waals surface area contributed by atoms with Crippen LogP contribution in [0.5, 0.6) is 0 Å². The zero-order valence-electron chi connectivity index (χ0n) is 12.0. The van der Waals surface area contributed by atoms with Crippen LogP contribution in [-0.4, -0.2) is 26.0 Å². The van der Waals surface area contributed by atoms with Crippen LogP contribution in [0.25, 0.3) is 0 Å². The third-order valence-corrected chi connectivity index (χ3v) is 3.96. The Morgan fingerprint density at radius 2 is 1.95 bits per heavy atom. The number of nitrogens with two attached hydrogens (primary N) is 1. The van der Waals surface area contributed by atoms with Gasteiger partial charge >= 0.3 is 0 Å². The number of anilines is 2. The molecule has 0 aliphatic carbocycles. The van der Waals surface area contributed by atoms with Crippen LogP contribution in [0, 0.1) is 0 Å². The van der Waals surface area contributed by atoms with Crippen molar-refractivity contribution in [3.63, 3.8) is 0 Å². The Morgan fingerprint density at radius 3 is 2.48 bits per heavy atom. The lowest BCUT2D eigenvalue weighted by atomic mass is 10.1. The summed E-state index contributed by atoms with van der Waals surface area (Å²) in [5.41, 5.74) is 6.37. The molecule has 2 amide bonds. The highest BCUT2D eigenvalue weighted by molar-refractivity contribution is 7.90. The van der Waals surface area contributed by atoms with Gasteiger partial charge in [-0.15, -0.1) is 0 Å². The second-order valence-corrected chi connectivity index (χ2v) is 6.43. The van der Waals surface area contributed by atoms with E-state index in [0.717, 1.165) is 0 Å². The van der Waals surface area contributed by atoms with E-state index in [1.807, 2.05) is 11.6 Å². The van der Waals surface area contributed by atoms with Crippen molar-refractivity contribution < 1.29 is 18.0 Å². The summed E-state index contributed by atoms with van der Waals surface area (Å²) >= 11 is 0. The Kier molecular flexibility index (Phi) is 5.71. The lowest BCUT2D eigenvalue weighted by Gasteiger charge is -2.09. The minimum Gasteiger partial charge on any atom is -0.397 e. The molecule has 0 unspecified atom stereocenters. The molecule has 1 aromatic rings. The van der Waals surface area contributed by atoms with E-state index in [4.69, 9.17) is 5.73 Å². The number of hydrogen-bond acceptors (Lipinski definition) is 5. The number of unbranched alkanes of at least 4 members (excludes halogenated alkanes) is 1. The molecule has 0 saturated carbocycles. The third kappa shape index (κ3) is 5.42. The molecule has 0 aromatic heterocycles. The van der Waals surface area contributed by atoms with Crippen LogP contribution in [0.15, 0.2) is 18.2 Å². The van der Waals surface area contributed by atoms with Crippen molar-refractivity contribution in [3.05, 3.63) is 23.8 Å². The number of nitrogen functional groups attached to an aromatic ring is 1. The third-order valence-electron chi connectivity index (χ3n) is 2.64. The molecule has 7 nitrogen and oxygen atoms in total. The zero-order chi connectivity index (χ0) is 16.0. The topological polar surface area (TPSA) is 118 Å². The predicted molar refractivity (Wildman–Crippen MR) is 81.3 cm³/mol. The average Bonchev–Trinajstić information content (AvgIpc) is 2.37. The highest BCUT2D eigenvalue weighted by Gasteiger charge is 2.16. The molecule has 0 bridgehead atoms. The van der Waals surface area contributed by atoms with Gasteiger partial charge in [0, 0.05) is 12.5 Å². The quantitative estimate of drug-likeness (QED) is 0.679. The Labute approximate surface area is 124 Å². The maximum Gasteiger partial charge on any atom is 0.264 e. The number of benzene rings is 1. The number of rotatable bonds is 6. The Morgan fingerprint density at radius 1 is 1.29 bits per heavy atom. The van der Waals surface area contributed by atoms with Crippen molar-refractivity contribution >= 4 is 33.2 Å². The van der Waals surface area contributed by atoms with Crippen LogP contribution in [0.1, 0.15) is 37.0 Å². The van der Waals surface area contributed by atoms with Gasteiger partial charge in [-0.1, -0.05) is 13.3 Å². The standard InChI is InChI=1S/C13H19N3O4S/c1-3-4-7-21(19,20)16-13(18)10-5-6-12(11(14)8-10)15-9(2)17/h5-6,8H,3-4,7,14H2,1-2H3,(H,15,17)(H,16,18). The molecule has 8 heteroatoms. The largest absolute Gasteiger partial charge is 0.397 e. The number of sulfonamides is 1. The summed E-state index contributed by atoms with van der Waals surface area (Å²) in [6, 6.07) is 4.16. The summed E-state index contributed by atoms with van der Waals surface area (Å²) in [5.74, 6) is -1.14. The highest BCUT2D eigenvalue weighted by Crippen LogP contribution is 2.19. The van der Waals surface area contributed by atoms with Crippen molar-refractivity contribution in [2.24, 2.45) is 0 Å². The monoisotopic (exact) mass is 313 g/mol. The van der Waals surface area contributed by atoms with E-state index in [1.165, 1.54) is 25.1 Å². The van der Waals surface area contributed by atoms with E-state index >= 15 is 0 Å². The molecule has 0 spiro atoms. The highest BCUT2D eigenvalue weighted by atomic mass is 32.2. The first kappa shape index (κ1) is 17.0. The van der Waals surface area contributed by atoms with Crippen LogP contribution in [0.2, 0.25) is 0 Å². The van der Waals surface area contributed by atoms with Gasteiger partial charge in [-0.2, -0.15) is 0 Å². The second-order valence-electron chi connectivity index (χ2n) is 4.59. The normalized spacial score (nSPS) is 11.0. The fourth-order valence-corrected chi connectivity index (χ4v) is 2.76. The summed E-state index contributed by atoms with van der Waals surface area (Å²) in [7, 11) is -3.64. The van der Waals surface area contributed by atoms with E-state index in [-0.39, 0.29) is 22.9 Å². The molecule has 0 aliphatic heterocycles. The summed E-state index contributed by atoms with van der Waals surface area (Å²) < 4.78 is 25.3. The number of carbonyl (C=O) groups is 2. The van der Waals surface area contributed by atoms with Gasteiger partial charge in [0.25, 0.3) is 5.91 Å². The van der Waals surface area contributed by atoms with E-state index < -0.39 is 15.9 Å². The summed E-state index contributed by atoms with van der Waals surface area (Å²) in [6.07, 6.45) is 1.19. The minimum absolute atomic E-state index is 0.102. The average molecular weight is 313 g/mol. The first-order valence-corrected chi connectivity index (χ1v) is 8.12. The summed E-state index contributed by atoms with van der Waals surface area (Å²) in [4.78, 5) is 22.8. The summed E-state index contributed by atoms with van der Waals surface area (Å²) in [6.45, 7) is 3.19. The maximum atomic E-state index is 11.9. The molecule has 0 atom stereocenters. The fraction of sp³-hybridized carbons (Fsp3) is 0.385. The van der Waals surface area contributed by atoms with Crippen molar-refractivity contribution in [1.29, 1.82) is 0 Å². The Hall–Kier alpha value is -2.09. The minimum atomic E-state index is -3.64.